The number of hydrogen-bond donors (Lipinski definition) is 3. The molecular weight excluding hydrogens is 347 g/mol. The summed E-state index contributed by atoms with van der Waals surface area (Å²) in [6, 6.07) is 0. The van der Waals surface area contributed by atoms with E-state index in [1.165, 1.54) is 7.11 Å². The van der Waals surface area contributed by atoms with Crippen LogP contribution in [0.1, 0.15) is 46.8 Å². The Balaban J connectivity index is 2.23. The molecule has 0 saturated carbocycles. The number of hydrogen-bond acceptors (Lipinski definition) is 5. The van der Waals surface area contributed by atoms with Crippen LogP contribution >= 0.6 is 7.60 Å². The maximum atomic E-state index is 11.9. The minimum atomic E-state index is -3.98. The average molecular weight is 370 g/mol. The second-order valence-corrected chi connectivity index (χ2v) is 7.94. The van der Waals surface area contributed by atoms with E-state index in [1.807, 2.05) is 19.9 Å². The van der Waals surface area contributed by atoms with Crippen molar-refractivity contribution in [3.05, 3.63) is 33.9 Å². The van der Waals surface area contributed by atoms with Crippen molar-refractivity contribution >= 4 is 13.6 Å². The fraction of sp³-hybridized carbons (Fsp3) is 0.471. The molecule has 7 nitrogen and oxygen atoms in total. The number of methoxy groups -OCH3 is 1. The Bertz CT molecular complexity index is 761. The Hall–Kier alpha value is -1.82. The molecule has 0 spiro atoms. The zero-order chi connectivity index (χ0) is 18.8. The summed E-state index contributed by atoms with van der Waals surface area (Å²) in [5, 5.41) is 10.5. The number of phenolic OH excluding ortho intramolecular Hbond substituents is 1. The topological polar surface area (TPSA) is 113 Å². The third-order valence-electron chi connectivity index (χ3n) is 4.32. The van der Waals surface area contributed by atoms with Crippen molar-refractivity contribution < 1.29 is 33.7 Å². The number of esters is 1. The van der Waals surface area contributed by atoms with Gasteiger partial charge in [0.25, 0.3) is 0 Å². The number of rotatable bonds is 7. The molecule has 1 aliphatic rings. The summed E-state index contributed by atoms with van der Waals surface area (Å²) in [6.07, 6.45) is 2.98. The predicted molar refractivity (Wildman–Crippen MR) is 92.1 cm³/mol. The van der Waals surface area contributed by atoms with Crippen LogP contribution in [0.15, 0.2) is 11.6 Å². The first-order chi connectivity index (χ1) is 11.7. The second-order valence-electron chi connectivity index (χ2n) is 6.16. The highest BCUT2D eigenvalue weighted by molar-refractivity contribution is 7.51. The second kappa shape index (κ2) is 7.60. The molecule has 1 aromatic rings. The number of carbonyl (C=O) groups excluding carboxylic acids is 1. The highest BCUT2D eigenvalue weighted by Gasteiger charge is 2.31. The smallest absolute Gasteiger partial charge is 0.342 e. The van der Waals surface area contributed by atoms with E-state index in [0.29, 0.717) is 36.1 Å². The summed E-state index contributed by atoms with van der Waals surface area (Å²) in [5.41, 5.74) is 3.05. The maximum Gasteiger partial charge on any atom is 0.342 e. The number of ether oxygens (including phenoxy) is 2. The van der Waals surface area contributed by atoms with Gasteiger partial charge < -0.3 is 24.4 Å². The third kappa shape index (κ3) is 4.42. The lowest BCUT2D eigenvalue weighted by Crippen LogP contribution is -2.03. The molecule has 0 radical (unpaired) electrons. The molecule has 0 saturated heterocycles. The summed E-state index contributed by atoms with van der Waals surface area (Å²) in [6.45, 7) is 3.80. The molecule has 1 heterocycles. The van der Waals surface area contributed by atoms with E-state index in [1.54, 1.807) is 0 Å². The maximum absolute atomic E-state index is 11.9. The number of aromatic hydroxyl groups is 1. The van der Waals surface area contributed by atoms with E-state index < -0.39 is 13.6 Å². The van der Waals surface area contributed by atoms with Gasteiger partial charge in [0.1, 0.15) is 23.7 Å². The molecule has 0 fully saturated rings. The summed E-state index contributed by atoms with van der Waals surface area (Å²) < 4.78 is 21.3. The van der Waals surface area contributed by atoms with Gasteiger partial charge in [-0.15, -0.1) is 0 Å². The van der Waals surface area contributed by atoms with Crippen LogP contribution in [-0.2, 0) is 22.3 Å². The molecule has 0 amide bonds. The van der Waals surface area contributed by atoms with Gasteiger partial charge in [0.05, 0.1) is 13.3 Å². The number of fused-ring (bicyclic) bond motifs is 1. The zero-order valence-electron chi connectivity index (χ0n) is 14.5. The summed E-state index contributed by atoms with van der Waals surface area (Å²) in [5.74, 6) is -0.144. The van der Waals surface area contributed by atoms with E-state index in [-0.39, 0.29) is 24.1 Å². The largest absolute Gasteiger partial charge is 0.507 e. The van der Waals surface area contributed by atoms with Crippen LogP contribution in [0.4, 0.5) is 0 Å². The molecule has 2 rings (SSSR count). The first kappa shape index (κ1) is 19.5. The van der Waals surface area contributed by atoms with Crippen LogP contribution in [0.3, 0.4) is 0 Å². The quantitative estimate of drug-likeness (QED) is 0.384. The molecule has 1 aliphatic heterocycles. The molecule has 0 unspecified atom stereocenters. The monoisotopic (exact) mass is 370 g/mol. The van der Waals surface area contributed by atoms with Crippen LogP contribution in [0.5, 0.6) is 11.5 Å². The highest BCUT2D eigenvalue weighted by atomic mass is 31.2. The Morgan fingerprint density at radius 2 is 2.08 bits per heavy atom. The Kier molecular flexibility index (Phi) is 5.93. The number of benzene rings is 1. The molecular formula is C17H23O7P. The molecule has 1 aromatic carbocycles. The van der Waals surface area contributed by atoms with Gasteiger partial charge in [-0.1, -0.05) is 11.6 Å². The lowest BCUT2D eigenvalue weighted by molar-refractivity contribution is 0.0533. The summed E-state index contributed by atoms with van der Waals surface area (Å²) >= 11 is 0. The fourth-order valence-corrected chi connectivity index (χ4v) is 3.54. The Morgan fingerprint density at radius 3 is 2.68 bits per heavy atom. The average Bonchev–Trinajstić information content (AvgIpc) is 2.90. The van der Waals surface area contributed by atoms with Crippen molar-refractivity contribution in [2.24, 2.45) is 0 Å². The third-order valence-corrected chi connectivity index (χ3v) is 5.22. The number of carbonyl (C=O) groups is 1. The molecule has 0 aromatic heterocycles. The van der Waals surface area contributed by atoms with Crippen LogP contribution in [0, 0.1) is 6.92 Å². The molecule has 25 heavy (non-hydrogen) atoms. The van der Waals surface area contributed by atoms with Gasteiger partial charge in [-0.2, -0.15) is 0 Å². The fourth-order valence-electron chi connectivity index (χ4n) is 2.97. The van der Waals surface area contributed by atoms with Crippen LogP contribution in [0.25, 0.3) is 0 Å². The van der Waals surface area contributed by atoms with Crippen LogP contribution in [0.2, 0.25) is 0 Å². The molecule has 8 heteroatoms. The lowest BCUT2D eigenvalue weighted by atomic mass is 9.94. The van der Waals surface area contributed by atoms with Crippen molar-refractivity contribution in [3.63, 3.8) is 0 Å². The molecule has 0 bridgehead atoms. The van der Waals surface area contributed by atoms with Crippen molar-refractivity contribution in [1.82, 2.24) is 0 Å². The van der Waals surface area contributed by atoms with Gasteiger partial charge in [-0.3, -0.25) is 4.57 Å². The number of cyclic esters (lactones) is 1. The van der Waals surface area contributed by atoms with Gasteiger partial charge >= 0.3 is 13.6 Å². The van der Waals surface area contributed by atoms with E-state index in [0.717, 1.165) is 11.1 Å². The van der Waals surface area contributed by atoms with E-state index >= 15 is 0 Å². The standard InChI is InChI=1S/C17H23O7P/c1-10(5-4-8-25(20,21)22)6-7-12-15(18)14-13(9-24-17(14)19)11(2)16(12)23-3/h6,18H,4-5,7-9H2,1-3H3,(H2,20,21,22)/b10-6+. The lowest BCUT2D eigenvalue weighted by Gasteiger charge is -2.15. The van der Waals surface area contributed by atoms with Crippen molar-refractivity contribution in [2.45, 2.75) is 39.7 Å². The molecule has 3 N–H and O–H groups in total. The summed E-state index contributed by atoms with van der Waals surface area (Å²) in [4.78, 5) is 29.6. The Labute approximate surface area is 146 Å². The zero-order valence-corrected chi connectivity index (χ0v) is 15.4. The van der Waals surface area contributed by atoms with Gasteiger partial charge in [0, 0.05) is 11.1 Å². The summed E-state index contributed by atoms with van der Waals surface area (Å²) in [7, 11) is -2.47. The van der Waals surface area contributed by atoms with Gasteiger partial charge in [0.15, 0.2) is 0 Å². The van der Waals surface area contributed by atoms with Crippen molar-refractivity contribution in [1.29, 1.82) is 0 Å². The van der Waals surface area contributed by atoms with Crippen LogP contribution < -0.4 is 4.74 Å². The molecule has 138 valence electrons. The first-order valence-electron chi connectivity index (χ1n) is 7.94. The van der Waals surface area contributed by atoms with Crippen LogP contribution in [-0.4, -0.2) is 34.1 Å². The van der Waals surface area contributed by atoms with Gasteiger partial charge in [-0.25, -0.2) is 4.79 Å². The highest BCUT2D eigenvalue weighted by Crippen LogP contribution is 2.42. The molecule has 0 aliphatic carbocycles. The Morgan fingerprint density at radius 1 is 1.40 bits per heavy atom. The number of phenols is 1. The SMILES string of the molecule is COc1c(C)c2c(c(O)c1C/C=C(\C)CCCP(=O)(O)O)C(=O)OC2. The van der Waals surface area contributed by atoms with Crippen molar-refractivity contribution in [2.75, 3.05) is 13.3 Å². The number of allylic oxidation sites excluding steroid dienone is 2. The minimum absolute atomic E-state index is 0.126. The van der Waals surface area contributed by atoms with E-state index in [2.05, 4.69) is 0 Å². The minimum Gasteiger partial charge on any atom is -0.507 e. The van der Waals surface area contributed by atoms with E-state index in [9.17, 15) is 14.5 Å². The van der Waals surface area contributed by atoms with E-state index in [4.69, 9.17) is 19.3 Å². The molecule has 0 atom stereocenters. The normalized spacial score (nSPS) is 14.4. The first-order valence-corrected chi connectivity index (χ1v) is 9.74. The van der Waals surface area contributed by atoms with Gasteiger partial charge in [0.2, 0.25) is 0 Å². The van der Waals surface area contributed by atoms with Gasteiger partial charge in [-0.05, 0) is 38.7 Å². The van der Waals surface area contributed by atoms with Crippen molar-refractivity contribution in [3.8, 4) is 11.5 Å². The predicted octanol–water partition coefficient (Wildman–Crippen LogP) is 2.83.